The number of ether oxygens (including phenoxy) is 1. The van der Waals surface area contributed by atoms with Gasteiger partial charge in [0.2, 0.25) is 0 Å². The smallest absolute Gasteiger partial charge is 0.190 e. The molecule has 2 heterocycles. The molecule has 0 aliphatic heterocycles. The summed E-state index contributed by atoms with van der Waals surface area (Å²) in [7, 11) is 1.63. The van der Waals surface area contributed by atoms with Crippen molar-refractivity contribution in [1.82, 2.24) is 0 Å². The molecule has 16 heavy (non-hydrogen) atoms. The van der Waals surface area contributed by atoms with E-state index in [1.165, 1.54) is 0 Å². The Morgan fingerprint density at radius 1 is 1.12 bits per heavy atom. The highest BCUT2D eigenvalue weighted by Gasteiger charge is 2.11. The molecule has 0 saturated carbocycles. The van der Waals surface area contributed by atoms with Crippen molar-refractivity contribution in [3.8, 4) is 5.75 Å². The average Bonchev–Trinajstić information content (AvgIpc) is 2.73. The van der Waals surface area contributed by atoms with Crippen LogP contribution in [0.5, 0.6) is 5.75 Å². The van der Waals surface area contributed by atoms with Crippen LogP contribution >= 0.6 is 12.2 Å². The Morgan fingerprint density at radius 2 is 1.94 bits per heavy atom. The van der Waals surface area contributed by atoms with Crippen molar-refractivity contribution in [2.45, 2.75) is 0 Å². The summed E-state index contributed by atoms with van der Waals surface area (Å²) in [6, 6.07) is 7.33. The Bertz CT molecular complexity index is 724. The monoisotopic (exact) mass is 232 g/mol. The minimum atomic E-state index is 0.445. The van der Waals surface area contributed by atoms with Crippen molar-refractivity contribution in [1.29, 1.82) is 0 Å². The molecule has 80 valence electrons. The van der Waals surface area contributed by atoms with Crippen molar-refractivity contribution >= 4 is 34.2 Å². The molecule has 0 radical (unpaired) electrons. The van der Waals surface area contributed by atoms with Gasteiger partial charge < -0.3 is 13.6 Å². The van der Waals surface area contributed by atoms with Crippen LogP contribution in [-0.4, -0.2) is 7.11 Å². The third-order valence-corrected chi connectivity index (χ3v) is 2.73. The van der Waals surface area contributed by atoms with Crippen molar-refractivity contribution in [3.05, 3.63) is 35.2 Å². The van der Waals surface area contributed by atoms with E-state index in [0.717, 1.165) is 22.1 Å². The molecule has 3 nitrogen and oxygen atoms in total. The molecule has 0 bridgehead atoms. The molecule has 0 aliphatic carbocycles. The Labute approximate surface area is 96.2 Å². The van der Waals surface area contributed by atoms with Gasteiger partial charge in [-0.2, -0.15) is 0 Å². The Kier molecular flexibility index (Phi) is 1.97. The summed E-state index contributed by atoms with van der Waals surface area (Å²) in [4.78, 5) is 0. The van der Waals surface area contributed by atoms with Gasteiger partial charge in [-0.3, -0.25) is 0 Å². The van der Waals surface area contributed by atoms with Crippen LogP contribution in [0, 0.1) is 4.71 Å². The second-order valence-electron chi connectivity index (χ2n) is 3.41. The molecule has 0 amide bonds. The van der Waals surface area contributed by atoms with Crippen molar-refractivity contribution in [2.24, 2.45) is 0 Å². The number of fused-ring (bicyclic) bond motifs is 2. The Morgan fingerprint density at radius 3 is 2.75 bits per heavy atom. The van der Waals surface area contributed by atoms with E-state index in [1.54, 1.807) is 19.4 Å². The third-order valence-electron chi connectivity index (χ3n) is 2.51. The van der Waals surface area contributed by atoms with Crippen LogP contribution in [0.25, 0.3) is 21.9 Å². The lowest BCUT2D eigenvalue weighted by molar-refractivity contribution is 0.423. The third kappa shape index (κ3) is 1.23. The molecule has 1 aromatic carbocycles. The number of methoxy groups -OCH3 is 1. The SMILES string of the molecule is COc1c2ccoc2cc2oc(=S)ccc12. The van der Waals surface area contributed by atoms with Gasteiger partial charge in [-0.1, -0.05) is 0 Å². The fourth-order valence-corrected chi connectivity index (χ4v) is 1.99. The van der Waals surface area contributed by atoms with Gasteiger partial charge in [0, 0.05) is 6.07 Å². The molecule has 0 saturated heterocycles. The van der Waals surface area contributed by atoms with Gasteiger partial charge in [0.15, 0.2) is 4.71 Å². The minimum absolute atomic E-state index is 0.445. The summed E-state index contributed by atoms with van der Waals surface area (Å²) < 4.78 is 16.6. The Balaban J connectivity index is 2.58. The van der Waals surface area contributed by atoms with E-state index in [0.29, 0.717) is 10.3 Å². The molecule has 0 aliphatic rings. The number of furan rings is 1. The zero-order valence-corrected chi connectivity index (χ0v) is 9.34. The molecule has 0 unspecified atom stereocenters. The van der Waals surface area contributed by atoms with Crippen molar-refractivity contribution in [3.63, 3.8) is 0 Å². The van der Waals surface area contributed by atoms with Crippen LogP contribution in [0.15, 0.2) is 39.4 Å². The van der Waals surface area contributed by atoms with E-state index < -0.39 is 0 Å². The second-order valence-corrected chi connectivity index (χ2v) is 3.81. The van der Waals surface area contributed by atoms with E-state index in [4.69, 9.17) is 25.8 Å². The lowest BCUT2D eigenvalue weighted by atomic mass is 10.1. The van der Waals surface area contributed by atoms with Crippen molar-refractivity contribution < 1.29 is 13.6 Å². The first-order valence-corrected chi connectivity index (χ1v) is 5.18. The van der Waals surface area contributed by atoms with Gasteiger partial charge in [0.05, 0.1) is 24.1 Å². The number of hydrogen-bond donors (Lipinski definition) is 0. The molecule has 2 aromatic heterocycles. The molecule has 3 rings (SSSR count). The summed E-state index contributed by atoms with van der Waals surface area (Å²) >= 11 is 4.98. The number of hydrogen-bond acceptors (Lipinski definition) is 4. The van der Waals surface area contributed by atoms with Gasteiger partial charge in [0.25, 0.3) is 0 Å². The molecule has 0 fully saturated rings. The lowest BCUT2D eigenvalue weighted by Gasteiger charge is -2.05. The fourth-order valence-electron chi connectivity index (χ4n) is 1.83. The number of rotatable bonds is 1. The van der Waals surface area contributed by atoms with Gasteiger partial charge in [0.1, 0.15) is 16.9 Å². The maximum Gasteiger partial charge on any atom is 0.190 e. The fraction of sp³-hybridized carbons (Fsp3) is 0.0833. The van der Waals surface area contributed by atoms with Gasteiger partial charge >= 0.3 is 0 Å². The highest BCUT2D eigenvalue weighted by Crippen LogP contribution is 2.35. The van der Waals surface area contributed by atoms with E-state index in [2.05, 4.69) is 0 Å². The summed E-state index contributed by atoms with van der Waals surface area (Å²) in [6.45, 7) is 0. The van der Waals surface area contributed by atoms with Crippen LogP contribution in [0.1, 0.15) is 0 Å². The first-order chi connectivity index (χ1) is 7.79. The minimum Gasteiger partial charge on any atom is -0.495 e. The Hall–Kier alpha value is -1.81. The summed E-state index contributed by atoms with van der Waals surface area (Å²) in [6.07, 6.45) is 1.63. The number of benzene rings is 1. The summed E-state index contributed by atoms with van der Waals surface area (Å²) in [5.74, 6) is 0.750. The quantitative estimate of drug-likeness (QED) is 0.596. The van der Waals surface area contributed by atoms with E-state index in [9.17, 15) is 0 Å². The van der Waals surface area contributed by atoms with Crippen LogP contribution in [0.4, 0.5) is 0 Å². The predicted molar refractivity (Wildman–Crippen MR) is 63.4 cm³/mol. The predicted octanol–water partition coefficient (Wildman–Crippen LogP) is 3.92. The highest BCUT2D eigenvalue weighted by atomic mass is 32.1. The first kappa shape index (κ1) is 9.42. The van der Waals surface area contributed by atoms with Gasteiger partial charge in [-0.15, -0.1) is 0 Å². The van der Waals surface area contributed by atoms with Gasteiger partial charge in [-0.05, 0) is 30.4 Å². The summed E-state index contributed by atoms with van der Waals surface area (Å²) in [5, 5.41) is 1.83. The first-order valence-electron chi connectivity index (χ1n) is 4.77. The van der Waals surface area contributed by atoms with E-state index in [1.807, 2.05) is 18.2 Å². The largest absolute Gasteiger partial charge is 0.495 e. The average molecular weight is 232 g/mol. The molecule has 4 heteroatoms. The van der Waals surface area contributed by atoms with Crippen LogP contribution < -0.4 is 4.74 Å². The van der Waals surface area contributed by atoms with Crippen LogP contribution in [0.2, 0.25) is 0 Å². The van der Waals surface area contributed by atoms with Crippen molar-refractivity contribution in [2.75, 3.05) is 7.11 Å². The van der Waals surface area contributed by atoms with Gasteiger partial charge in [-0.25, -0.2) is 0 Å². The molecule has 0 atom stereocenters. The second kappa shape index (κ2) is 3.35. The zero-order valence-electron chi connectivity index (χ0n) is 8.52. The van der Waals surface area contributed by atoms with E-state index in [-0.39, 0.29) is 0 Å². The topological polar surface area (TPSA) is 35.5 Å². The molecule has 3 aromatic rings. The van der Waals surface area contributed by atoms with Crippen LogP contribution in [-0.2, 0) is 0 Å². The zero-order chi connectivity index (χ0) is 11.1. The molecular formula is C12H8O3S. The normalized spacial score (nSPS) is 11.1. The molecule has 0 spiro atoms. The summed E-state index contributed by atoms with van der Waals surface area (Å²) in [5.41, 5.74) is 1.40. The maximum absolute atomic E-state index is 5.46. The highest BCUT2D eigenvalue weighted by molar-refractivity contribution is 7.71. The molecular weight excluding hydrogens is 224 g/mol. The maximum atomic E-state index is 5.46. The standard InChI is InChI=1S/C12H8O3S/c1-13-12-7-2-3-11(16)15-10(7)6-9-8(12)4-5-14-9/h2-6H,1H3. The van der Waals surface area contributed by atoms with Crippen LogP contribution in [0.3, 0.4) is 0 Å². The van der Waals surface area contributed by atoms with E-state index >= 15 is 0 Å². The lowest BCUT2D eigenvalue weighted by Crippen LogP contribution is -1.85. The molecule has 0 N–H and O–H groups in total.